The van der Waals surface area contributed by atoms with Crippen molar-refractivity contribution < 1.29 is 14.0 Å². The van der Waals surface area contributed by atoms with Crippen molar-refractivity contribution in [3.05, 3.63) is 72.8 Å². The van der Waals surface area contributed by atoms with E-state index in [9.17, 15) is 4.79 Å². The molecule has 0 atom stereocenters. The molecule has 28 heavy (non-hydrogen) atoms. The summed E-state index contributed by atoms with van der Waals surface area (Å²) < 4.78 is 11.5. The molecule has 0 spiro atoms. The smallest absolute Gasteiger partial charge is 0.330 e. The van der Waals surface area contributed by atoms with Crippen LogP contribution in [0.15, 0.2) is 72.8 Å². The lowest BCUT2D eigenvalue weighted by Crippen LogP contribution is -2.66. The lowest BCUT2D eigenvalue weighted by molar-refractivity contribution is -0.134. The minimum atomic E-state index is -2.43. The molecule has 0 saturated heterocycles. The van der Waals surface area contributed by atoms with Crippen molar-refractivity contribution in [2.24, 2.45) is 0 Å². The molecule has 2 aromatic rings. The van der Waals surface area contributed by atoms with Crippen molar-refractivity contribution >= 4 is 24.7 Å². The summed E-state index contributed by atoms with van der Waals surface area (Å²) in [6, 6.07) is 21.4. The normalized spacial score (nSPS) is 12.3. The van der Waals surface area contributed by atoms with Gasteiger partial charge in [0.2, 0.25) is 0 Å². The Morgan fingerprint density at radius 2 is 1.46 bits per heavy atom. The maximum Gasteiger partial charge on any atom is 0.330 e. The maximum absolute atomic E-state index is 11.1. The van der Waals surface area contributed by atoms with Gasteiger partial charge in [0, 0.05) is 12.7 Å². The van der Waals surface area contributed by atoms with Crippen LogP contribution in [0.2, 0.25) is 5.04 Å². The number of esters is 1. The van der Waals surface area contributed by atoms with E-state index in [0.29, 0.717) is 6.61 Å². The standard InChI is InChI=1S/C24H32O3Si/c1-24(2,3)28(21-15-9-7-10-16-21,22-17-11-8-12-18-22)27-20-14-6-5-13-19-23(25)26-4/h7-13,15-19H,5-6,14,20H2,1-4H3/b19-13+. The summed E-state index contributed by atoms with van der Waals surface area (Å²) >= 11 is 0. The van der Waals surface area contributed by atoms with Gasteiger partial charge in [-0.15, -0.1) is 0 Å². The van der Waals surface area contributed by atoms with Crippen molar-refractivity contribution in [3.63, 3.8) is 0 Å². The number of hydrogen-bond acceptors (Lipinski definition) is 3. The summed E-state index contributed by atoms with van der Waals surface area (Å²) in [7, 11) is -1.04. The number of methoxy groups -OCH3 is 1. The average molecular weight is 397 g/mol. The van der Waals surface area contributed by atoms with Gasteiger partial charge in [0.1, 0.15) is 0 Å². The molecule has 0 radical (unpaired) electrons. The Bertz CT molecular complexity index is 709. The molecule has 0 heterocycles. The number of hydrogen-bond donors (Lipinski definition) is 0. The van der Waals surface area contributed by atoms with Crippen LogP contribution in [0.4, 0.5) is 0 Å². The molecule has 0 aliphatic carbocycles. The Morgan fingerprint density at radius 3 is 1.93 bits per heavy atom. The summed E-state index contributed by atoms with van der Waals surface area (Å²) in [6.45, 7) is 7.58. The van der Waals surface area contributed by atoms with Crippen LogP contribution >= 0.6 is 0 Å². The third-order valence-corrected chi connectivity index (χ3v) is 10.00. The molecule has 0 amide bonds. The van der Waals surface area contributed by atoms with Crippen LogP contribution in [0.25, 0.3) is 0 Å². The van der Waals surface area contributed by atoms with E-state index in [4.69, 9.17) is 4.43 Å². The van der Waals surface area contributed by atoms with Crippen molar-refractivity contribution in [2.45, 2.75) is 45.1 Å². The van der Waals surface area contributed by atoms with Crippen LogP contribution in [0.5, 0.6) is 0 Å². The van der Waals surface area contributed by atoms with Crippen LogP contribution in [0.3, 0.4) is 0 Å². The molecular weight excluding hydrogens is 364 g/mol. The molecule has 2 aromatic carbocycles. The SMILES string of the molecule is COC(=O)/C=C/CCCCO[Si](c1ccccc1)(c1ccccc1)C(C)(C)C. The molecule has 0 saturated carbocycles. The minimum Gasteiger partial charge on any atom is -0.466 e. The van der Waals surface area contributed by atoms with Gasteiger partial charge in [-0.05, 0) is 34.7 Å². The zero-order valence-corrected chi connectivity index (χ0v) is 18.5. The van der Waals surface area contributed by atoms with E-state index in [1.165, 1.54) is 23.6 Å². The van der Waals surface area contributed by atoms with Gasteiger partial charge >= 0.3 is 5.97 Å². The van der Waals surface area contributed by atoms with E-state index < -0.39 is 8.32 Å². The first-order valence-corrected chi connectivity index (χ1v) is 11.8. The number of allylic oxidation sites excluding steroid dienone is 1. The zero-order valence-electron chi connectivity index (χ0n) is 17.5. The monoisotopic (exact) mass is 396 g/mol. The van der Waals surface area contributed by atoms with E-state index in [0.717, 1.165) is 19.3 Å². The van der Waals surface area contributed by atoms with E-state index >= 15 is 0 Å². The predicted octanol–water partition coefficient (Wildman–Crippen LogP) is 4.46. The number of benzene rings is 2. The van der Waals surface area contributed by atoms with Gasteiger partial charge in [0.05, 0.1) is 7.11 Å². The summed E-state index contributed by atoms with van der Waals surface area (Å²) in [5.74, 6) is -0.302. The molecule has 150 valence electrons. The molecule has 0 unspecified atom stereocenters. The fourth-order valence-corrected chi connectivity index (χ4v) is 8.20. The molecule has 3 nitrogen and oxygen atoms in total. The topological polar surface area (TPSA) is 35.5 Å². The van der Waals surface area contributed by atoms with Gasteiger partial charge in [0.15, 0.2) is 0 Å². The number of rotatable bonds is 9. The van der Waals surface area contributed by atoms with Gasteiger partial charge in [-0.25, -0.2) is 4.79 Å². The average Bonchev–Trinajstić information content (AvgIpc) is 2.70. The quantitative estimate of drug-likeness (QED) is 0.272. The number of unbranched alkanes of at least 4 members (excludes halogenated alkanes) is 2. The number of carbonyl (C=O) groups excluding carboxylic acids is 1. The van der Waals surface area contributed by atoms with Crippen molar-refractivity contribution in [1.29, 1.82) is 0 Å². The third kappa shape index (κ3) is 5.43. The molecule has 0 N–H and O–H groups in total. The fraction of sp³-hybridized carbons (Fsp3) is 0.375. The molecule has 0 aromatic heterocycles. The van der Waals surface area contributed by atoms with Gasteiger partial charge in [-0.1, -0.05) is 87.5 Å². The second kappa shape index (κ2) is 10.4. The fourth-order valence-electron chi connectivity index (χ4n) is 3.60. The molecule has 0 bridgehead atoms. The third-order valence-electron chi connectivity index (χ3n) is 4.96. The Labute approximate surface area is 170 Å². The molecule has 2 rings (SSSR count). The Morgan fingerprint density at radius 1 is 0.929 bits per heavy atom. The maximum atomic E-state index is 11.1. The summed E-state index contributed by atoms with van der Waals surface area (Å²) in [4.78, 5) is 11.1. The van der Waals surface area contributed by atoms with Crippen molar-refractivity contribution in [3.8, 4) is 0 Å². The summed E-state index contributed by atoms with van der Waals surface area (Å²) in [6.07, 6.45) is 6.14. The summed E-state index contributed by atoms with van der Waals surface area (Å²) in [5.41, 5.74) is 0. The van der Waals surface area contributed by atoms with E-state index in [-0.39, 0.29) is 11.0 Å². The first-order chi connectivity index (χ1) is 13.4. The van der Waals surface area contributed by atoms with Crippen LogP contribution in [-0.2, 0) is 14.0 Å². The van der Waals surface area contributed by atoms with Gasteiger partial charge in [0.25, 0.3) is 8.32 Å². The van der Waals surface area contributed by atoms with Crippen LogP contribution in [0.1, 0.15) is 40.0 Å². The highest BCUT2D eigenvalue weighted by Crippen LogP contribution is 2.36. The first kappa shape index (κ1) is 22.1. The number of ether oxygens (including phenoxy) is 1. The minimum absolute atomic E-state index is 0.000489. The van der Waals surface area contributed by atoms with Crippen LogP contribution in [-0.4, -0.2) is 28.0 Å². The van der Waals surface area contributed by atoms with E-state index in [2.05, 4.69) is 86.2 Å². The first-order valence-electron chi connectivity index (χ1n) is 9.91. The molecule has 0 aliphatic heterocycles. The van der Waals surface area contributed by atoms with Crippen LogP contribution < -0.4 is 10.4 Å². The lowest BCUT2D eigenvalue weighted by atomic mass is 10.2. The van der Waals surface area contributed by atoms with Crippen molar-refractivity contribution in [1.82, 2.24) is 0 Å². The summed E-state index contributed by atoms with van der Waals surface area (Å²) in [5, 5.41) is 2.61. The van der Waals surface area contributed by atoms with Gasteiger partial charge < -0.3 is 9.16 Å². The zero-order chi connectivity index (χ0) is 20.5. The Kier molecular flexibility index (Phi) is 8.21. The molecule has 0 aliphatic rings. The molecular formula is C24H32O3Si. The predicted molar refractivity (Wildman–Crippen MR) is 119 cm³/mol. The highest BCUT2D eigenvalue weighted by Gasteiger charge is 2.49. The van der Waals surface area contributed by atoms with E-state index in [1.54, 1.807) is 0 Å². The van der Waals surface area contributed by atoms with Crippen molar-refractivity contribution in [2.75, 3.05) is 13.7 Å². The number of carbonyl (C=O) groups is 1. The largest absolute Gasteiger partial charge is 0.466 e. The van der Waals surface area contributed by atoms with Gasteiger partial charge in [-0.3, -0.25) is 0 Å². The Balaban J connectivity index is 2.18. The molecule has 0 fully saturated rings. The van der Waals surface area contributed by atoms with Gasteiger partial charge in [-0.2, -0.15) is 0 Å². The molecule has 4 heteroatoms. The van der Waals surface area contributed by atoms with E-state index in [1.807, 2.05) is 6.08 Å². The highest BCUT2D eigenvalue weighted by molar-refractivity contribution is 6.99. The lowest BCUT2D eigenvalue weighted by Gasteiger charge is -2.43. The highest BCUT2D eigenvalue weighted by atomic mass is 28.4. The Hall–Kier alpha value is -2.17. The van der Waals surface area contributed by atoms with Crippen LogP contribution in [0, 0.1) is 0 Å². The second-order valence-corrected chi connectivity index (χ2v) is 12.2. The second-order valence-electron chi connectivity index (χ2n) is 7.93.